The van der Waals surface area contributed by atoms with Crippen LogP contribution in [0.4, 0.5) is 18.9 Å². The average Bonchev–Trinajstić information content (AvgIpc) is 2.53. The van der Waals surface area contributed by atoms with Gasteiger partial charge in [-0.05, 0) is 44.2 Å². The van der Waals surface area contributed by atoms with Crippen molar-refractivity contribution in [2.24, 2.45) is 0 Å². The standard InChI is InChI=1S/C18H18F3NO4/c1-11(2)25-15-8-7-12(9-16(15)24-3)17(23)22-13-5-4-6-14(10-13)26-18(19,20)21/h4-11H,1-3H3,(H,22,23). The number of halogens is 3. The minimum absolute atomic E-state index is 0.0695. The third kappa shape index (κ3) is 5.58. The van der Waals surface area contributed by atoms with E-state index in [1.807, 2.05) is 13.8 Å². The Kier molecular flexibility index (Phi) is 5.97. The summed E-state index contributed by atoms with van der Waals surface area (Å²) in [6.45, 7) is 3.71. The maximum absolute atomic E-state index is 12.3. The molecule has 0 unspecified atom stereocenters. The van der Waals surface area contributed by atoms with Crippen LogP contribution in [-0.2, 0) is 0 Å². The molecule has 0 saturated heterocycles. The fraction of sp³-hybridized carbons (Fsp3) is 0.278. The number of methoxy groups -OCH3 is 1. The van der Waals surface area contributed by atoms with Crippen molar-refractivity contribution in [3.05, 3.63) is 48.0 Å². The number of carbonyl (C=O) groups is 1. The largest absolute Gasteiger partial charge is 0.573 e. The molecule has 5 nitrogen and oxygen atoms in total. The van der Waals surface area contributed by atoms with Gasteiger partial charge in [-0.3, -0.25) is 4.79 Å². The molecule has 0 radical (unpaired) electrons. The minimum atomic E-state index is -4.80. The maximum atomic E-state index is 12.3. The van der Waals surface area contributed by atoms with Crippen LogP contribution < -0.4 is 19.5 Å². The Hall–Kier alpha value is -2.90. The van der Waals surface area contributed by atoms with Crippen LogP contribution in [-0.4, -0.2) is 25.5 Å². The summed E-state index contributed by atoms with van der Waals surface area (Å²) in [4.78, 5) is 12.3. The van der Waals surface area contributed by atoms with Gasteiger partial charge in [-0.25, -0.2) is 0 Å². The first-order chi connectivity index (χ1) is 12.2. The van der Waals surface area contributed by atoms with Crippen LogP contribution in [0.1, 0.15) is 24.2 Å². The van der Waals surface area contributed by atoms with E-state index < -0.39 is 18.0 Å². The lowest BCUT2D eigenvalue weighted by Gasteiger charge is -2.14. The normalized spacial score (nSPS) is 11.2. The molecular weight excluding hydrogens is 351 g/mol. The molecule has 2 aromatic carbocycles. The fourth-order valence-corrected chi connectivity index (χ4v) is 2.13. The quantitative estimate of drug-likeness (QED) is 0.806. The molecule has 2 aromatic rings. The van der Waals surface area contributed by atoms with Gasteiger partial charge in [0, 0.05) is 17.3 Å². The molecule has 0 atom stereocenters. The Morgan fingerprint density at radius 3 is 2.42 bits per heavy atom. The molecule has 26 heavy (non-hydrogen) atoms. The van der Waals surface area contributed by atoms with Crippen molar-refractivity contribution in [3.8, 4) is 17.2 Å². The highest BCUT2D eigenvalue weighted by molar-refractivity contribution is 6.04. The molecule has 1 N–H and O–H groups in total. The van der Waals surface area contributed by atoms with Gasteiger partial charge in [0.1, 0.15) is 5.75 Å². The van der Waals surface area contributed by atoms with E-state index >= 15 is 0 Å². The number of nitrogens with one attached hydrogen (secondary N) is 1. The number of rotatable bonds is 6. The van der Waals surface area contributed by atoms with E-state index in [1.54, 1.807) is 6.07 Å². The van der Waals surface area contributed by atoms with E-state index in [2.05, 4.69) is 10.1 Å². The van der Waals surface area contributed by atoms with Gasteiger partial charge >= 0.3 is 6.36 Å². The Morgan fingerprint density at radius 1 is 1.08 bits per heavy atom. The summed E-state index contributed by atoms with van der Waals surface area (Å²) in [5, 5.41) is 2.51. The second-order valence-electron chi connectivity index (χ2n) is 5.56. The van der Waals surface area contributed by atoms with Crippen LogP contribution in [0, 0.1) is 0 Å². The molecule has 0 aliphatic rings. The van der Waals surface area contributed by atoms with Gasteiger partial charge in [0.15, 0.2) is 11.5 Å². The van der Waals surface area contributed by atoms with Crippen molar-refractivity contribution in [1.82, 2.24) is 0 Å². The van der Waals surface area contributed by atoms with E-state index in [0.717, 1.165) is 12.1 Å². The van der Waals surface area contributed by atoms with Crippen molar-refractivity contribution in [1.29, 1.82) is 0 Å². The summed E-state index contributed by atoms with van der Waals surface area (Å²) in [6.07, 6.45) is -4.87. The van der Waals surface area contributed by atoms with Gasteiger partial charge < -0.3 is 19.5 Å². The molecular formula is C18H18F3NO4. The highest BCUT2D eigenvalue weighted by atomic mass is 19.4. The summed E-state index contributed by atoms with van der Waals surface area (Å²) >= 11 is 0. The molecule has 0 fully saturated rings. The second-order valence-corrected chi connectivity index (χ2v) is 5.56. The molecule has 8 heteroatoms. The Balaban J connectivity index is 2.16. The number of benzene rings is 2. The maximum Gasteiger partial charge on any atom is 0.573 e. The molecule has 0 aliphatic carbocycles. The lowest BCUT2D eigenvalue weighted by Crippen LogP contribution is -2.17. The molecule has 0 saturated carbocycles. The van der Waals surface area contributed by atoms with Crippen molar-refractivity contribution in [3.63, 3.8) is 0 Å². The van der Waals surface area contributed by atoms with Crippen molar-refractivity contribution in [2.45, 2.75) is 26.3 Å². The molecule has 1 amide bonds. The Bertz CT molecular complexity index is 775. The average molecular weight is 369 g/mol. The predicted molar refractivity (Wildman–Crippen MR) is 89.8 cm³/mol. The summed E-state index contributed by atoms with van der Waals surface area (Å²) in [5.41, 5.74) is 0.429. The van der Waals surface area contributed by atoms with Gasteiger partial charge in [-0.1, -0.05) is 6.07 Å². The zero-order chi connectivity index (χ0) is 19.3. The molecule has 0 aromatic heterocycles. The van der Waals surface area contributed by atoms with Crippen LogP contribution in [0.5, 0.6) is 17.2 Å². The molecule has 0 heterocycles. The minimum Gasteiger partial charge on any atom is -0.493 e. The first kappa shape index (κ1) is 19.4. The van der Waals surface area contributed by atoms with Crippen molar-refractivity contribution < 1.29 is 32.2 Å². The molecule has 0 spiro atoms. The third-order valence-electron chi connectivity index (χ3n) is 3.11. The zero-order valence-electron chi connectivity index (χ0n) is 14.4. The number of carbonyl (C=O) groups excluding carboxylic acids is 1. The van der Waals surface area contributed by atoms with Crippen molar-refractivity contribution in [2.75, 3.05) is 12.4 Å². The van der Waals surface area contributed by atoms with Crippen LogP contribution in [0.15, 0.2) is 42.5 Å². The summed E-state index contributed by atoms with van der Waals surface area (Å²) in [5.74, 6) is -0.0720. The monoisotopic (exact) mass is 369 g/mol. The number of hydrogen-bond acceptors (Lipinski definition) is 4. The van der Waals surface area contributed by atoms with E-state index in [0.29, 0.717) is 11.5 Å². The van der Waals surface area contributed by atoms with Gasteiger partial charge in [-0.15, -0.1) is 13.2 Å². The smallest absolute Gasteiger partial charge is 0.493 e. The van der Waals surface area contributed by atoms with E-state index in [4.69, 9.17) is 9.47 Å². The summed E-state index contributed by atoms with van der Waals surface area (Å²) in [6, 6.07) is 9.64. The summed E-state index contributed by atoms with van der Waals surface area (Å²) < 4.78 is 51.4. The third-order valence-corrected chi connectivity index (χ3v) is 3.11. The highest BCUT2D eigenvalue weighted by Gasteiger charge is 2.31. The van der Waals surface area contributed by atoms with Crippen LogP contribution >= 0.6 is 0 Å². The van der Waals surface area contributed by atoms with Crippen LogP contribution in [0.25, 0.3) is 0 Å². The number of ether oxygens (including phenoxy) is 3. The number of anilines is 1. The lowest BCUT2D eigenvalue weighted by atomic mass is 10.1. The predicted octanol–water partition coefficient (Wildman–Crippen LogP) is 4.63. The van der Waals surface area contributed by atoms with Crippen molar-refractivity contribution >= 4 is 11.6 Å². The first-order valence-electron chi connectivity index (χ1n) is 7.70. The Labute approximate surface area is 148 Å². The molecule has 0 aliphatic heterocycles. The number of alkyl halides is 3. The van der Waals surface area contributed by atoms with E-state index in [9.17, 15) is 18.0 Å². The second kappa shape index (κ2) is 7.99. The summed E-state index contributed by atoms with van der Waals surface area (Å²) in [7, 11) is 1.45. The van der Waals surface area contributed by atoms with Crippen LogP contribution in [0.3, 0.4) is 0 Å². The van der Waals surface area contributed by atoms with Gasteiger partial charge in [-0.2, -0.15) is 0 Å². The van der Waals surface area contributed by atoms with Gasteiger partial charge in [0.2, 0.25) is 0 Å². The van der Waals surface area contributed by atoms with Gasteiger partial charge in [0.05, 0.1) is 13.2 Å². The van der Waals surface area contributed by atoms with Gasteiger partial charge in [0.25, 0.3) is 5.91 Å². The highest BCUT2D eigenvalue weighted by Crippen LogP contribution is 2.30. The molecule has 0 bridgehead atoms. The van der Waals surface area contributed by atoms with E-state index in [-0.39, 0.29) is 17.4 Å². The Morgan fingerprint density at radius 2 is 1.81 bits per heavy atom. The molecule has 2 rings (SSSR count). The first-order valence-corrected chi connectivity index (χ1v) is 7.70. The lowest BCUT2D eigenvalue weighted by molar-refractivity contribution is -0.274. The topological polar surface area (TPSA) is 56.8 Å². The van der Waals surface area contributed by atoms with E-state index in [1.165, 1.54) is 31.4 Å². The molecule has 140 valence electrons. The fourth-order valence-electron chi connectivity index (χ4n) is 2.13. The zero-order valence-corrected chi connectivity index (χ0v) is 14.4. The SMILES string of the molecule is COc1cc(C(=O)Nc2cccc(OC(F)(F)F)c2)ccc1OC(C)C. The number of amides is 1. The number of hydrogen-bond donors (Lipinski definition) is 1. The van der Waals surface area contributed by atoms with Crippen LogP contribution in [0.2, 0.25) is 0 Å².